The number of alkyl halides is 2. The predicted octanol–water partition coefficient (Wildman–Crippen LogP) is 9.69. The van der Waals surface area contributed by atoms with Crippen molar-refractivity contribution in [3.63, 3.8) is 0 Å². The molecule has 1 atom stereocenters. The third kappa shape index (κ3) is 19.2. The Balaban J connectivity index is -0.000000455. The van der Waals surface area contributed by atoms with Crippen LogP contribution in [0, 0.1) is 29.6 Å². The molecule has 4 nitrogen and oxygen atoms in total. The zero-order valence-corrected chi connectivity index (χ0v) is 29.8. The number of Topliss-reactive ketones (excluding diaryl/α,β-unsaturated/α-hetero) is 2. The molecule has 1 fully saturated rings. The summed E-state index contributed by atoms with van der Waals surface area (Å²) in [5, 5.41) is 0. The Kier molecular flexibility index (Phi) is 21.2. The van der Waals surface area contributed by atoms with Crippen molar-refractivity contribution < 1.29 is 32.4 Å². The molecular weight excluding hydrogens is 539 g/mol. The Morgan fingerprint density at radius 1 is 0.738 bits per heavy atom. The summed E-state index contributed by atoms with van der Waals surface area (Å²) in [6.45, 7) is 32.4. The molecule has 42 heavy (non-hydrogen) atoms. The number of ketones is 2. The number of carbonyl (C=O) groups is 2. The molecule has 0 spiro atoms. The van der Waals surface area contributed by atoms with E-state index in [1.165, 1.54) is 37.4 Å². The number of ether oxygens (including phenoxy) is 1. The number of aromatic nitrogens is 1. The maximum absolute atomic E-state index is 13.4. The lowest BCUT2D eigenvalue weighted by molar-refractivity contribution is -0.843. The van der Waals surface area contributed by atoms with Gasteiger partial charge in [-0.1, -0.05) is 86.4 Å². The number of hydrogen-bond acceptors (Lipinski definition) is 3. The summed E-state index contributed by atoms with van der Waals surface area (Å²) >= 11 is 0. The second kappa shape index (κ2) is 20.0. The maximum Gasteiger partial charge on any atom is 0.218 e. The topological polar surface area (TPSA) is 50.6 Å². The second-order valence-corrected chi connectivity index (χ2v) is 13.6. The van der Waals surface area contributed by atoms with Crippen LogP contribution < -0.4 is 4.79 Å². The molecule has 1 aliphatic heterocycles. The minimum absolute atomic E-state index is 0.204. The van der Waals surface area contributed by atoms with Gasteiger partial charge in [0.25, 0.3) is 0 Å². The summed E-state index contributed by atoms with van der Waals surface area (Å²) < 4.78 is 43.0. The first-order chi connectivity index (χ1) is 18.8. The number of rotatable bonds is 7. The van der Waals surface area contributed by atoms with Gasteiger partial charge >= 0.3 is 0 Å². The van der Waals surface area contributed by atoms with Crippen molar-refractivity contribution in [2.45, 2.75) is 135 Å². The van der Waals surface area contributed by atoms with E-state index in [0.717, 1.165) is 5.92 Å². The van der Waals surface area contributed by atoms with Crippen molar-refractivity contribution in [2.75, 3.05) is 6.61 Å². The molecule has 1 aromatic heterocycles. The highest BCUT2D eigenvalue weighted by molar-refractivity contribution is 5.87. The number of hydrogen-bond donors (Lipinski definition) is 0. The van der Waals surface area contributed by atoms with E-state index in [-0.39, 0.29) is 29.5 Å². The summed E-state index contributed by atoms with van der Waals surface area (Å²) in [6, 6.07) is 5.01. The zero-order valence-electron chi connectivity index (χ0n) is 29.8. The van der Waals surface area contributed by atoms with Crippen LogP contribution in [0.4, 0.5) is 13.3 Å². The molecule has 7 heteroatoms. The van der Waals surface area contributed by atoms with Crippen LogP contribution in [-0.2, 0) is 14.3 Å². The summed E-state index contributed by atoms with van der Waals surface area (Å²) in [5.74, 6) is 1.22. The molecule has 2 heterocycles. The molecule has 0 bridgehead atoms. The van der Waals surface area contributed by atoms with Crippen LogP contribution in [0.15, 0.2) is 41.7 Å². The van der Waals surface area contributed by atoms with E-state index in [1.807, 2.05) is 41.5 Å². The fraction of sp³-hybridized carbons (Fsp3) is 0.743. The molecule has 0 saturated carbocycles. The lowest BCUT2D eigenvalue weighted by atomic mass is 9.84. The fourth-order valence-corrected chi connectivity index (χ4v) is 3.75. The second-order valence-electron chi connectivity index (χ2n) is 13.6. The summed E-state index contributed by atoms with van der Waals surface area (Å²) in [4.78, 5) is 22.1. The first-order valence-corrected chi connectivity index (χ1v) is 15.1. The summed E-state index contributed by atoms with van der Waals surface area (Å²) in [6.07, 6.45) is 2.67. The lowest BCUT2D eigenvalue weighted by Crippen LogP contribution is -2.39. The van der Waals surface area contributed by atoms with Gasteiger partial charge in [0.1, 0.15) is 17.1 Å². The first kappa shape index (κ1) is 44.4. The van der Waals surface area contributed by atoms with Gasteiger partial charge in [-0.2, -0.15) is 0 Å². The minimum atomic E-state index is -1.66. The number of allylic oxidation sites excluding steroid dienone is 2. The number of halogens is 3. The van der Waals surface area contributed by atoms with Gasteiger partial charge in [0.2, 0.25) is 12.4 Å². The molecule has 246 valence electrons. The van der Waals surface area contributed by atoms with Crippen molar-refractivity contribution in [3.05, 3.63) is 41.7 Å². The molecule has 0 aromatic carbocycles. The summed E-state index contributed by atoms with van der Waals surface area (Å²) in [5.41, 5.74) is -0.354. The van der Waals surface area contributed by atoms with Crippen LogP contribution in [0.25, 0.3) is 0 Å². The maximum atomic E-state index is 13.4. The fourth-order valence-electron chi connectivity index (χ4n) is 3.75. The molecular formula is C35H63F3NO3+. The van der Waals surface area contributed by atoms with E-state index in [2.05, 4.69) is 34.6 Å². The standard InChI is InChI=1S/C8H15FO.C8H16.C7H13FO.C7H14O.C5H5FN/c1-6(2)8(5-10-8)7(3,4)9;1-6(2)8(5)7(3)4;1-5(2)6(9)7(3,4)8;1-5(2)7(8)6(3)4;6-7-4-2-1-3-5-7/h6H,5H2,1-4H3;6H,1-5H3;5H,1-4H3;5-6H,1-4H3;1-5H/q;;;;+1. The van der Waals surface area contributed by atoms with Crippen LogP contribution in [0.1, 0.15) is 118 Å². The lowest BCUT2D eigenvalue weighted by Gasteiger charge is -2.26. The Hall–Kier alpha value is -2.02. The molecule has 1 unspecified atom stereocenters. The first-order valence-electron chi connectivity index (χ1n) is 15.1. The number of carbonyl (C=O) groups excluding carboxylic acids is 2. The van der Waals surface area contributed by atoms with Gasteiger partial charge in [-0.15, -0.1) is 0 Å². The predicted molar refractivity (Wildman–Crippen MR) is 170 cm³/mol. The van der Waals surface area contributed by atoms with Gasteiger partial charge in [-0.25, -0.2) is 8.78 Å². The van der Waals surface area contributed by atoms with Crippen LogP contribution in [0.2, 0.25) is 0 Å². The monoisotopic (exact) mass is 602 g/mol. The Morgan fingerprint density at radius 2 is 1.12 bits per heavy atom. The highest BCUT2D eigenvalue weighted by Gasteiger charge is 2.59. The normalized spacial score (nSPS) is 15.8. The highest BCUT2D eigenvalue weighted by atomic mass is 19.2. The third-order valence-electron chi connectivity index (χ3n) is 6.98. The van der Waals surface area contributed by atoms with Gasteiger partial charge in [0.05, 0.1) is 11.1 Å². The molecule has 0 amide bonds. The van der Waals surface area contributed by atoms with Crippen LogP contribution in [0.3, 0.4) is 0 Å². The van der Waals surface area contributed by atoms with E-state index in [0.29, 0.717) is 17.2 Å². The van der Waals surface area contributed by atoms with Crippen LogP contribution in [0.5, 0.6) is 0 Å². The molecule has 0 N–H and O–H groups in total. The smallest absolute Gasteiger partial charge is 0.218 e. The average molecular weight is 603 g/mol. The van der Waals surface area contributed by atoms with Crippen molar-refractivity contribution in [2.24, 2.45) is 29.6 Å². The molecule has 1 aliphatic rings. The highest BCUT2D eigenvalue weighted by Crippen LogP contribution is 2.46. The van der Waals surface area contributed by atoms with Gasteiger partial charge in [-0.05, 0) is 60.3 Å². The quantitative estimate of drug-likeness (QED) is 0.231. The number of nitrogens with zero attached hydrogens (tertiary/aromatic N) is 1. The van der Waals surface area contributed by atoms with Gasteiger partial charge in [0.15, 0.2) is 11.5 Å². The Morgan fingerprint density at radius 3 is 1.17 bits per heavy atom. The zero-order chi connectivity index (χ0) is 34.2. The van der Waals surface area contributed by atoms with Crippen LogP contribution >= 0.6 is 0 Å². The summed E-state index contributed by atoms with van der Waals surface area (Å²) in [7, 11) is 0. The number of pyridine rings is 1. The molecule has 0 radical (unpaired) electrons. The average Bonchev–Trinajstić information content (AvgIpc) is 3.66. The third-order valence-corrected chi connectivity index (χ3v) is 6.98. The van der Waals surface area contributed by atoms with E-state index in [1.54, 1.807) is 45.9 Å². The van der Waals surface area contributed by atoms with E-state index in [4.69, 9.17) is 4.74 Å². The molecule has 1 saturated heterocycles. The molecule has 0 aliphatic carbocycles. The molecule has 2 rings (SSSR count). The van der Waals surface area contributed by atoms with Crippen molar-refractivity contribution in [3.8, 4) is 0 Å². The van der Waals surface area contributed by atoms with E-state index >= 15 is 0 Å². The largest absolute Gasteiger partial charge is 0.366 e. The van der Waals surface area contributed by atoms with Crippen molar-refractivity contribution >= 4 is 11.6 Å². The van der Waals surface area contributed by atoms with E-state index < -0.39 is 16.9 Å². The Labute approximate surface area is 256 Å². The number of epoxide rings is 1. The van der Waals surface area contributed by atoms with E-state index in [9.17, 15) is 22.9 Å². The minimum Gasteiger partial charge on any atom is -0.366 e. The van der Waals surface area contributed by atoms with Crippen LogP contribution in [-0.4, -0.2) is 35.1 Å². The van der Waals surface area contributed by atoms with Gasteiger partial charge in [0, 0.05) is 34.7 Å². The van der Waals surface area contributed by atoms with Crippen molar-refractivity contribution in [1.29, 1.82) is 0 Å². The van der Waals surface area contributed by atoms with Gasteiger partial charge < -0.3 is 4.74 Å². The Bertz CT molecular complexity index is 905. The molecule has 1 aromatic rings. The van der Waals surface area contributed by atoms with Crippen molar-refractivity contribution in [1.82, 2.24) is 0 Å². The SMILES string of the molecule is CC(C)=C(C)C(C)C.CC(C)C(=O)C(C)(C)F.CC(C)C(=O)C(C)C.CC(C)C1(C(C)(C)F)CO1.F[n+]1ccccc1. The van der Waals surface area contributed by atoms with Gasteiger partial charge in [-0.3, -0.25) is 9.59 Å².